The minimum atomic E-state index is -0.0695. The third-order valence-electron chi connectivity index (χ3n) is 6.46. The lowest BCUT2D eigenvalue weighted by Crippen LogP contribution is -2.51. The van der Waals surface area contributed by atoms with Gasteiger partial charge in [0.15, 0.2) is 0 Å². The zero-order valence-electron chi connectivity index (χ0n) is 16.2. The SMILES string of the molecule is Cc1cc(N2CCC3(CC2)C[C@H](c2ccccc2)C(=O)N3)nc2ccccc12. The molecule has 1 N–H and O–H groups in total. The molecule has 0 bridgehead atoms. The van der Waals surface area contributed by atoms with Crippen molar-refractivity contribution in [2.75, 3.05) is 18.0 Å². The molecule has 3 heterocycles. The maximum Gasteiger partial charge on any atom is 0.228 e. The first-order valence-corrected chi connectivity index (χ1v) is 10.1. The minimum Gasteiger partial charge on any atom is -0.356 e. The number of fused-ring (bicyclic) bond motifs is 1. The third kappa shape index (κ3) is 2.93. The smallest absolute Gasteiger partial charge is 0.228 e. The van der Waals surface area contributed by atoms with Gasteiger partial charge in [-0.1, -0.05) is 48.5 Å². The lowest BCUT2D eigenvalue weighted by atomic mass is 9.82. The van der Waals surface area contributed by atoms with E-state index in [2.05, 4.69) is 53.5 Å². The topological polar surface area (TPSA) is 45.2 Å². The number of benzene rings is 2. The van der Waals surface area contributed by atoms with Gasteiger partial charge in [0, 0.05) is 24.0 Å². The van der Waals surface area contributed by atoms with Gasteiger partial charge >= 0.3 is 0 Å². The predicted octanol–water partition coefficient (Wildman–Crippen LogP) is 4.19. The number of rotatable bonds is 2. The molecule has 2 fully saturated rings. The van der Waals surface area contributed by atoms with Crippen LogP contribution >= 0.6 is 0 Å². The van der Waals surface area contributed by atoms with Crippen molar-refractivity contribution < 1.29 is 4.79 Å². The van der Waals surface area contributed by atoms with Gasteiger partial charge in [-0.2, -0.15) is 0 Å². The quantitative estimate of drug-likeness (QED) is 0.735. The number of piperidine rings is 1. The molecular formula is C24H25N3O. The van der Waals surface area contributed by atoms with E-state index in [-0.39, 0.29) is 17.4 Å². The van der Waals surface area contributed by atoms with E-state index in [0.29, 0.717) is 0 Å². The highest BCUT2D eigenvalue weighted by Crippen LogP contribution is 2.40. The Morgan fingerprint density at radius 1 is 1.04 bits per heavy atom. The van der Waals surface area contributed by atoms with Crippen LogP contribution in [-0.2, 0) is 4.79 Å². The van der Waals surface area contributed by atoms with Gasteiger partial charge in [-0.15, -0.1) is 0 Å². The third-order valence-corrected chi connectivity index (χ3v) is 6.46. The lowest BCUT2D eigenvalue weighted by Gasteiger charge is -2.40. The monoisotopic (exact) mass is 371 g/mol. The molecule has 142 valence electrons. The molecule has 1 amide bonds. The first-order valence-electron chi connectivity index (χ1n) is 10.1. The van der Waals surface area contributed by atoms with Crippen molar-refractivity contribution in [2.45, 2.75) is 37.6 Å². The van der Waals surface area contributed by atoms with Crippen molar-refractivity contribution in [2.24, 2.45) is 0 Å². The van der Waals surface area contributed by atoms with Gasteiger partial charge in [0.25, 0.3) is 0 Å². The van der Waals surface area contributed by atoms with Gasteiger partial charge in [-0.3, -0.25) is 4.79 Å². The number of carbonyl (C=O) groups is 1. The Balaban J connectivity index is 1.34. The highest BCUT2D eigenvalue weighted by molar-refractivity contribution is 5.87. The molecule has 4 heteroatoms. The second-order valence-electron chi connectivity index (χ2n) is 8.24. The molecule has 4 nitrogen and oxygen atoms in total. The fourth-order valence-corrected chi connectivity index (χ4v) is 4.82. The Kier molecular flexibility index (Phi) is 4.08. The van der Waals surface area contributed by atoms with Gasteiger partial charge < -0.3 is 10.2 Å². The van der Waals surface area contributed by atoms with Crippen LogP contribution in [0.2, 0.25) is 0 Å². The number of nitrogens with zero attached hydrogens (tertiary/aromatic N) is 2. The first-order chi connectivity index (χ1) is 13.6. The number of amides is 1. The maximum atomic E-state index is 12.7. The lowest BCUT2D eigenvalue weighted by molar-refractivity contribution is -0.121. The summed E-state index contributed by atoms with van der Waals surface area (Å²) in [6, 6.07) is 20.7. The van der Waals surface area contributed by atoms with Crippen molar-refractivity contribution in [3.63, 3.8) is 0 Å². The van der Waals surface area contributed by atoms with Crippen molar-refractivity contribution in [1.29, 1.82) is 0 Å². The molecule has 1 atom stereocenters. The minimum absolute atomic E-state index is 0.0196. The molecule has 2 aliphatic rings. The van der Waals surface area contributed by atoms with Crippen LogP contribution < -0.4 is 10.2 Å². The normalized spacial score (nSPS) is 21.2. The van der Waals surface area contributed by atoms with Gasteiger partial charge in [0.2, 0.25) is 5.91 Å². The molecule has 1 spiro atoms. The van der Waals surface area contributed by atoms with Crippen LogP contribution in [0.5, 0.6) is 0 Å². The fourth-order valence-electron chi connectivity index (χ4n) is 4.82. The fraction of sp³-hybridized carbons (Fsp3) is 0.333. The van der Waals surface area contributed by atoms with Crippen molar-refractivity contribution >= 4 is 22.6 Å². The van der Waals surface area contributed by atoms with Crippen molar-refractivity contribution in [3.05, 3.63) is 71.8 Å². The summed E-state index contributed by atoms with van der Waals surface area (Å²) in [7, 11) is 0. The molecule has 0 aliphatic carbocycles. The van der Waals surface area contributed by atoms with E-state index in [1.54, 1.807) is 0 Å². The molecule has 3 aromatic rings. The molecular weight excluding hydrogens is 346 g/mol. The van der Waals surface area contributed by atoms with E-state index in [1.807, 2.05) is 24.3 Å². The van der Waals surface area contributed by atoms with Crippen LogP contribution in [0.25, 0.3) is 10.9 Å². The Labute approximate surface area is 165 Å². The summed E-state index contributed by atoms with van der Waals surface area (Å²) in [6.07, 6.45) is 2.83. The van der Waals surface area contributed by atoms with E-state index in [1.165, 1.54) is 10.9 Å². The summed E-state index contributed by atoms with van der Waals surface area (Å²) >= 11 is 0. The highest BCUT2D eigenvalue weighted by atomic mass is 16.2. The summed E-state index contributed by atoms with van der Waals surface area (Å²) < 4.78 is 0. The van der Waals surface area contributed by atoms with E-state index >= 15 is 0 Å². The van der Waals surface area contributed by atoms with Crippen LogP contribution in [0.15, 0.2) is 60.7 Å². The molecule has 2 saturated heterocycles. The van der Waals surface area contributed by atoms with Crippen molar-refractivity contribution in [1.82, 2.24) is 10.3 Å². The zero-order valence-corrected chi connectivity index (χ0v) is 16.2. The van der Waals surface area contributed by atoms with E-state index in [0.717, 1.165) is 49.2 Å². The second kappa shape index (κ2) is 6.62. The Morgan fingerprint density at radius 3 is 2.54 bits per heavy atom. The van der Waals surface area contributed by atoms with Gasteiger partial charge in [-0.25, -0.2) is 4.98 Å². The molecule has 0 saturated carbocycles. The van der Waals surface area contributed by atoms with Crippen LogP contribution in [-0.4, -0.2) is 29.5 Å². The van der Waals surface area contributed by atoms with Crippen molar-refractivity contribution in [3.8, 4) is 0 Å². The molecule has 28 heavy (non-hydrogen) atoms. The molecule has 0 unspecified atom stereocenters. The largest absolute Gasteiger partial charge is 0.356 e. The summed E-state index contributed by atoms with van der Waals surface area (Å²) in [5.74, 6) is 1.21. The highest BCUT2D eigenvalue weighted by Gasteiger charge is 2.46. The second-order valence-corrected chi connectivity index (χ2v) is 8.24. The number of hydrogen-bond acceptors (Lipinski definition) is 3. The Bertz CT molecular complexity index is 1020. The summed E-state index contributed by atoms with van der Waals surface area (Å²) in [6.45, 7) is 4.00. The Morgan fingerprint density at radius 2 is 1.75 bits per heavy atom. The van der Waals surface area contributed by atoms with E-state index in [9.17, 15) is 4.79 Å². The zero-order chi connectivity index (χ0) is 19.1. The summed E-state index contributed by atoms with van der Waals surface area (Å²) in [5, 5.41) is 4.56. The van der Waals surface area contributed by atoms with Gasteiger partial charge in [0.05, 0.1) is 11.4 Å². The number of carbonyl (C=O) groups excluding carboxylic acids is 1. The number of aromatic nitrogens is 1. The van der Waals surface area contributed by atoms with Crippen LogP contribution in [0.1, 0.15) is 36.3 Å². The van der Waals surface area contributed by atoms with Crippen LogP contribution in [0.4, 0.5) is 5.82 Å². The molecule has 2 aliphatic heterocycles. The number of aryl methyl sites for hydroxylation is 1. The van der Waals surface area contributed by atoms with Crippen LogP contribution in [0.3, 0.4) is 0 Å². The number of hydrogen-bond donors (Lipinski definition) is 1. The standard InChI is InChI=1S/C24H25N3O/c1-17-15-22(25-21-10-6-5-9-19(17)21)27-13-11-24(12-14-27)16-20(23(28)26-24)18-7-3-2-4-8-18/h2-10,15,20H,11-14,16H2,1H3,(H,26,28)/t20-/m1/s1. The molecule has 5 rings (SSSR count). The molecule has 0 radical (unpaired) electrons. The van der Waals surface area contributed by atoms with Gasteiger partial charge in [-0.05, 0) is 49.4 Å². The average Bonchev–Trinajstić information content (AvgIpc) is 3.05. The summed E-state index contributed by atoms with van der Waals surface area (Å²) in [4.78, 5) is 19.9. The average molecular weight is 371 g/mol. The number of anilines is 1. The maximum absolute atomic E-state index is 12.7. The Hall–Kier alpha value is -2.88. The van der Waals surface area contributed by atoms with Crippen LogP contribution in [0, 0.1) is 6.92 Å². The van der Waals surface area contributed by atoms with E-state index in [4.69, 9.17) is 4.98 Å². The summed E-state index contributed by atoms with van der Waals surface area (Å²) in [5.41, 5.74) is 3.38. The van der Waals surface area contributed by atoms with E-state index < -0.39 is 0 Å². The molecule has 2 aromatic carbocycles. The predicted molar refractivity (Wildman–Crippen MR) is 113 cm³/mol. The van der Waals surface area contributed by atoms with Gasteiger partial charge in [0.1, 0.15) is 5.82 Å². The number of nitrogens with one attached hydrogen (secondary N) is 1. The number of pyridine rings is 1. The number of para-hydroxylation sites is 1. The molecule has 1 aromatic heterocycles. The first kappa shape index (κ1) is 17.2.